The lowest BCUT2D eigenvalue weighted by Crippen LogP contribution is -2.36. The summed E-state index contributed by atoms with van der Waals surface area (Å²) in [4.78, 5) is 15.4. The predicted octanol–water partition coefficient (Wildman–Crippen LogP) is 1.52. The van der Waals surface area contributed by atoms with Crippen LogP contribution < -0.4 is 10.1 Å². The highest BCUT2D eigenvalue weighted by atomic mass is 16.5. The Balaban J connectivity index is 1.71. The van der Waals surface area contributed by atoms with Gasteiger partial charge in [0, 0.05) is 12.2 Å². The topological polar surface area (TPSA) is 51.2 Å². The molecular formula is C12H16N2O2. The van der Waals surface area contributed by atoms with Crippen molar-refractivity contribution in [2.45, 2.75) is 31.7 Å². The SMILES string of the molecule is O=C(COc1cccnc1)NC1CCCC1. The zero-order chi connectivity index (χ0) is 11.2. The summed E-state index contributed by atoms with van der Waals surface area (Å²) in [6.07, 6.45) is 7.90. The first-order valence-corrected chi connectivity index (χ1v) is 5.67. The average molecular weight is 220 g/mol. The summed E-state index contributed by atoms with van der Waals surface area (Å²) >= 11 is 0. The molecule has 1 saturated carbocycles. The highest BCUT2D eigenvalue weighted by Gasteiger charge is 2.16. The Morgan fingerprint density at radius 2 is 2.31 bits per heavy atom. The molecule has 16 heavy (non-hydrogen) atoms. The van der Waals surface area contributed by atoms with E-state index in [2.05, 4.69) is 10.3 Å². The van der Waals surface area contributed by atoms with Crippen LogP contribution in [0.15, 0.2) is 24.5 Å². The zero-order valence-electron chi connectivity index (χ0n) is 9.19. The summed E-state index contributed by atoms with van der Waals surface area (Å²) in [5.74, 6) is 0.583. The summed E-state index contributed by atoms with van der Waals surface area (Å²) in [5, 5.41) is 2.96. The molecular weight excluding hydrogens is 204 g/mol. The van der Waals surface area contributed by atoms with Gasteiger partial charge in [-0.25, -0.2) is 0 Å². The molecule has 86 valence electrons. The molecule has 2 rings (SSSR count). The van der Waals surface area contributed by atoms with Crippen molar-refractivity contribution in [1.29, 1.82) is 0 Å². The number of nitrogens with zero attached hydrogens (tertiary/aromatic N) is 1. The van der Waals surface area contributed by atoms with E-state index in [0.717, 1.165) is 12.8 Å². The van der Waals surface area contributed by atoms with Crippen LogP contribution in [-0.4, -0.2) is 23.5 Å². The average Bonchev–Trinajstić information content (AvgIpc) is 2.81. The fourth-order valence-corrected chi connectivity index (χ4v) is 1.92. The van der Waals surface area contributed by atoms with Gasteiger partial charge in [-0.3, -0.25) is 9.78 Å². The van der Waals surface area contributed by atoms with Gasteiger partial charge in [0.15, 0.2) is 6.61 Å². The van der Waals surface area contributed by atoms with Crippen LogP contribution in [0.3, 0.4) is 0 Å². The first kappa shape index (κ1) is 10.9. The van der Waals surface area contributed by atoms with E-state index in [1.54, 1.807) is 24.5 Å². The monoisotopic (exact) mass is 220 g/mol. The predicted molar refractivity (Wildman–Crippen MR) is 60.1 cm³/mol. The molecule has 0 spiro atoms. The van der Waals surface area contributed by atoms with Crippen molar-refractivity contribution in [2.24, 2.45) is 0 Å². The first-order chi connectivity index (χ1) is 7.84. The van der Waals surface area contributed by atoms with E-state index in [0.29, 0.717) is 11.8 Å². The fraction of sp³-hybridized carbons (Fsp3) is 0.500. The Labute approximate surface area is 95.0 Å². The third-order valence-corrected chi connectivity index (χ3v) is 2.72. The van der Waals surface area contributed by atoms with Gasteiger partial charge >= 0.3 is 0 Å². The summed E-state index contributed by atoms with van der Waals surface area (Å²) in [5.41, 5.74) is 0. The number of ether oxygens (including phenoxy) is 1. The molecule has 0 aliphatic heterocycles. The van der Waals surface area contributed by atoms with Crippen molar-refractivity contribution in [2.75, 3.05) is 6.61 Å². The van der Waals surface area contributed by atoms with Crippen molar-refractivity contribution in [3.63, 3.8) is 0 Å². The standard InChI is InChI=1S/C12H16N2O2/c15-12(14-10-4-1-2-5-10)9-16-11-6-3-7-13-8-11/h3,6-8,10H,1-2,4-5,9H2,(H,14,15). The van der Waals surface area contributed by atoms with E-state index in [-0.39, 0.29) is 12.5 Å². The minimum atomic E-state index is -0.0456. The van der Waals surface area contributed by atoms with Crippen LogP contribution in [0.25, 0.3) is 0 Å². The number of carbonyl (C=O) groups excluding carboxylic acids is 1. The lowest BCUT2D eigenvalue weighted by molar-refractivity contribution is -0.123. The minimum Gasteiger partial charge on any atom is -0.482 e. The van der Waals surface area contributed by atoms with Crippen molar-refractivity contribution < 1.29 is 9.53 Å². The molecule has 1 aromatic heterocycles. The molecule has 0 radical (unpaired) electrons. The second-order valence-electron chi connectivity index (χ2n) is 4.03. The molecule has 1 amide bonds. The first-order valence-electron chi connectivity index (χ1n) is 5.67. The highest BCUT2D eigenvalue weighted by molar-refractivity contribution is 5.77. The second-order valence-corrected chi connectivity index (χ2v) is 4.03. The maximum absolute atomic E-state index is 11.5. The van der Waals surface area contributed by atoms with Gasteiger partial charge in [-0.05, 0) is 25.0 Å². The van der Waals surface area contributed by atoms with E-state index < -0.39 is 0 Å². The molecule has 1 fully saturated rings. The smallest absolute Gasteiger partial charge is 0.258 e. The number of hydrogen-bond donors (Lipinski definition) is 1. The Morgan fingerprint density at radius 3 is 3.00 bits per heavy atom. The molecule has 4 heteroatoms. The Kier molecular flexibility index (Phi) is 3.75. The zero-order valence-corrected chi connectivity index (χ0v) is 9.19. The maximum Gasteiger partial charge on any atom is 0.258 e. The second kappa shape index (κ2) is 5.49. The van der Waals surface area contributed by atoms with Gasteiger partial charge < -0.3 is 10.1 Å². The van der Waals surface area contributed by atoms with Crippen molar-refractivity contribution in [1.82, 2.24) is 10.3 Å². The number of amides is 1. The van der Waals surface area contributed by atoms with Crippen LogP contribution in [0.4, 0.5) is 0 Å². The van der Waals surface area contributed by atoms with Crippen molar-refractivity contribution in [3.8, 4) is 5.75 Å². The van der Waals surface area contributed by atoms with Crippen LogP contribution in [0, 0.1) is 0 Å². The molecule has 0 aromatic carbocycles. The summed E-state index contributed by atoms with van der Waals surface area (Å²) < 4.78 is 5.30. The van der Waals surface area contributed by atoms with E-state index in [1.807, 2.05) is 0 Å². The van der Waals surface area contributed by atoms with Crippen LogP contribution in [0.1, 0.15) is 25.7 Å². The molecule has 1 aromatic rings. The minimum absolute atomic E-state index is 0.0456. The largest absolute Gasteiger partial charge is 0.482 e. The molecule has 1 aliphatic rings. The number of pyridine rings is 1. The molecule has 0 saturated heterocycles. The van der Waals surface area contributed by atoms with Gasteiger partial charge in [0.1, 0.15) is 5.75 Å². The number of rotatable bonds is 4. The number of hydrogen-bond acceptors (Lipinski definition) is 3. The Morgan fingerprint density at radius 1 is 1.50 bits per heavy atom. The lowest BCUT2D eigenvalue weighted by Gasteiger charge is -2.12. The third-order valence-electron chi connectivity index (χ3n) is 2.72. The van der Waals surface area contributed by atoms with Crippen LogP contribution in [-0.2, 0) is 4.79 Å². The fourth-order valence-electron chi connectivity index (χ4n) is 1.92. The normalized spacial score (nSPS) is 16.0. The van der Waals surface area contributed by atoms with E-state index >= 15 is 0 Å². The molecule has 4 nitrogen and oxygen atoms in total. The molecule has 0 atom stereocenters. The van der Waals surface area contributed by atoms with E-state index in [1.165, 1.54) is 12.8 Å². The Bertz CT molecular complexity index is 334. The highest BCUT2D eigenvalue weighted by Crippen LogP contribution is 2.17. The number of nitrogens with one attached hydrogen (secondary N) is 1. The van der Waals surface area contributed by atoms with Crippen LogP contribution in [0.2, 0.25) is 0 Å². The Hall–Kier alpha value is -1.58. The van der Waals surface area contributed by atoms with Crippen LogP contribution >= 0.6 is 0 Å². The van der Waals surface area contributed by atoms with Gasteiger partial charge in [-0.2, -0.15) is 0 Å². The van der Waals surface area contributed by atoms with Crippen LogP contribution in [0.5, 0.6) is 5.75 Å². The van der Waals surface area contributed by atoms with Gasteiger partial charge in [0.25, 0.3) is 5.91 Å². The number of carbonyl (C=O) groups is 1. The quantitative estimate of drug-likeness (QED) is 0.837. The van der Waals surface area contributed by atoms with Crippen molar-refractivity contribution in [3.05, 3.63) is 24.5 Å². The van der Waals surface area contributed by atoms with Gasteiger partial charge in [-0.15, -0.1) is 0 Å². The van der Waals surface area contributed by atoms with Gasteiger partial charge in [0.05, 0.1) is 6.20 Å². The molecule has 1 heterocycles. The van der Waals surface area contributed by atoms with Crippen molar-refractivity contribution >= 4 is 5.91 Å². The summed E-state index contributed by atoms with van der Waals surface area (Å²) in [6.45, 7) is 0.0716. The molecule has 1 N–H and O–H groups in total. The number of aromatic nitrogens is 1. The van der Waals surface area contributed by atoms with E-state index in [9.17, 15) is 4.79 Å². The molecule has 0 bridgehead atoms. The maximum atomic E-state index is 11.5. The molecule has 1 aliphatic carbocycles. The van der Waals surface area contributed by atoms with Gasteiger partial charge in [0.2, 0.25) is 0 Å². The lowest BCUT2D eigenvalue weighted by atomic mass is 10.2. The van der Waals surface area contributed by atoms with Gasteiger partial charge in [-0.1, -0.05) is 12.8 Å². The third kappa shape index (κ3) is 3.22. The van der Waals surface area contributed by atoms with E-state index in [4.69, 9.17) is 4.74 Å². The summed E-state index contributed by atoms with van der Waals surface area (Å²) in [6, 6.07) is 3.92. The molecule has 0 unspecified atom stereocenters. The summed E-state index contributed by atoms with van der Waals surface area (Å²) in [7, 11) is 0.